The minimum absolute atomic E-state index is 0.0547. The molecular formula is C19H16ClF2N3O3. The van der Waals surface area contributed by atoms with Crippen LogP contribution >= 0.6 is 11.6 Å². The van der Waals surface area contributed by atoms with Crippen LogP contribution in [0.1, 0.15) is 40.4 Å². The summed E-state index contributed by atoms with van der Waals surface area (Å²) in [7, 11) is 1.18. The van der Waals surface area contributed by atoms with Crippen molar-refractivity contribution in [2.75, 3.05) is 12.4 Å². The Balaban J connectivity index is 1.63. The smallest absolute Gasteiger partial charge is 0.339 e. The molecule has 0 spiro atoms. The van der Waals surface area contributed by atoms with Gasteiger partial charge in [-0.05, 0) is 43.0 Å². The van der Waals surface area contributed by atoms with Crippen LogP contribution in [0.5, 0.6) is 0 Å². The second kappa shape index (κ2) is 7.01. The molecule has 2 amide bonds. The number of halogens is 3. The summed E-state index contributed by atoms with van der Waals surface area (Å²) >= 11 is 5.88. The normalized spacial score (nSPS) is 19.9. The molecule has 3 heterocycles. The van der Waals surface area contributed by atoms with E-state index in [-0.39, 0.29) is 28.4 Å². The summed E-state index contributed by atoms with van der Waals surface area (Å²) in [4.78, 5) is 30.0. The number of anilines is 1. The van der Waals surface area contributed by atoms with Crippen LogP contribution in [-0.2, 0) is 11.2 Å². The maximum Gasteiger partial charge on any atom is 0.339 e. The van der Waals surface area contributed by atoms with Gasteiger partial charge in [-0.3, -0.25) is 0 Å². The number of fused-ring (bicyclic) bond motifs is 4. The lowest BCUT2D eigenvalue weighted by atomic mass is 9.95. The van der Waals surface area contributed by atoms with Crippen molar-refractivity contribution in [3.05, 3.63) is 57.9 Å². The summed E-state index contributed by atoms with van der Waals surface area (Å²) in [5, 5.41) is 2.40. The van der Waals surface area contributed by atoms with Crippen molar-refractivity contribution >= 4 is 29.3 Å². The number of carbonyl (C=O) groups excluding carboxylic acids is 2. The number of nitrogens with one attached hydrogen (secondary N) is 1. The molecule has 2 aliphatic heterocycles. The lowest BCUT2D eigenvalue weighted by molar-refractivity contribution is 0.0601. The third-order valence-electron chi connectivity index (χ3n) is 5.28. The quantitative estimate of drug-likeness (QED) is 0.601. The number of pyridine rings is 1. The number of methoxy groups -OCH3 is 1. The van der Waals surface area contributed by atoms with E-state index in [0.717, 1.165) is 17.7 Å². The summed E-state index contributed by atoms with van der Waals surface area (Å²) in [5.41, 5.74) is 1.02. The molecule has 9 heteroatoms. The number of benzene rings is 1. The minimum atomic E-state index is -0.772. The van der Waals surface area contributed by atoms with Gasteiger partial charge in [-0.25, -0.2) is 19.0 Å². The first-order valence-electron chi connectivity index (χ1n) is 8.70. The maximum atomic E-state index is 14.3. The second-order valence-corrected chi connectivity index (χ2v) is 7.17. The minimum Gasteiger partial charge on any atom is -0.465 e. The first kappa shape index (κ1) is 18.6. The van der Waals surface area contributed by atoms with Crippen molar-refractivity contribution in [1.29, 1.82) is 0 Å². The van der Waals surface area contributed by atoms with Gasteiger partial charge in [0.2, 0.25) is 5.95 Å². The van der Waals surface area contributed by atoms with Gasteiger partial charge in [-0.15, -0.1) is 0 Å². The van der Waals surface area contributed by atoms with Gasteiger partial charge in [0.05, 0.1) is 29.4 Å². The van der Waals surface area contributed by atoms with Crippen molar-refractivity contribution in [2.24, 2.45) is 0 Å². The number of aromatic nitrogens is 1. The van der Waals surface area contributed by atoms with Crippen LogP contribution in [0.15, 0.2) is 24.4 Å². The molecule has 1 aromatic carbocycles. The number of ether oxygens (including phenoxy) is 1. The van der Waals surface area contributed by atoms with Crippen molar-refractivity contribution < 1.29 is 23.1 Å². The lowest BCUT2D eigenvalue weighted by Gasteiger charge is -2.36. The molecular weight excluding hydrogens is 392 g/mol. The van der Waals surface area contributed by atoms with Crippen LogP contribution in [0.4, 0.5) is 19.3 Å². The molecule has 1 fully saturated rings. The molecule has 146 valence electrons. The Morgan fingerprint density at radius 1 is 1.32 bits per heavy atom. The fourth-order valence-electron chi connectivity index (χ4n) is 4.02. The zero-order valence-electron chi connectivity index (χ0n) is 14.8. The predicted octanol–water partition coefficient (Wildman–Crippen LogP) is 4.09. The molecule has 28 heavy (non-hydrogen) atoms. The molecule has 1 aromatic heterocycles. The van der Waals surface area contributed by atoms with Gasteiger partial charge in [0.15, 0.2) is 0 Å². The highest BCUT2D eigenvalue weighted by Crippen LogP contribution is 2.44. The standard InChI is InChI=1S/C19H16ClF2N3O3/c1-28-18(26)12-7-15(14(21)8-13(12)20)24-19(27)25-9-2-3-16(25)10-4-5-23-17(22)11(10)6-9/h4-5,7-9,16H,2-3,6H2,1H3,(H,24,27). The molecule has 2 atom stereocenters. The molecule has 0 aliphatic carbocycles. The molecule has 0 radical (unpaired) electrons. The molecule has 1 saturated heterocycles. The predicted molar refractivity (Wildman–Crippen MR) is 97.3 cm³/mol. The van der Waals surface area contributed by atoms with Crippen molar-refractivity contribution in [1.82, 2.24) is 9.88 Å². The summed E-state index contributed by atoms with van der Waals surface area (Å²) in [6, 6.07) is 2.78. The van der Waals surface area contributed by atoms with E-state index in [2.05, 4.69) is 15.0 Å². The van der Waals surface area contributed by atoms with Crippen LogP contribution in [0.25, 0.3) is 0 Å². The Hall–Kier alpha value is -2.74. The number of urea groups is 1. The van der Waals surface area contributed by atoms with Crippen LogP contribution in [0.2, 0.25) is 5.02 Å². The Kier molecular flexibility index (Phi) is 4.66. The van der Waals surface area contributed by atoms with Crippen LogP contribution in [0.3, 0.4) is 0 Å². The third kappa shape index (κ3) is 2.97. The van der Waals surface area contributed by atoms with Gasteiger partial charge < -0.3 is 15.0 Å². The number of rotatable bonds is 2. The number of amides is 2. The summed E-state index contributed by atoms with van der Waals surface area (Å²) in [5.74, 6) is -2.03. The molecule has 2 bridgehead atoms. The molecule has 2 aliphatic rings. The van der Waals surface area contributed by atoms with Gasteiger partial charge in [0.25, 0.3) is 0 Å². The third-order valence-corrected chi connectivity index (χ3v) is 5.59. The highest BCUT2D eigenvalue weighted by molar-refractivity contribution is 6.33. The van der Waals surface area contributed by atoms with Gasteiger partial charge >= 0.3 is 12.0 Å². The first-order valence-corrected chi connectivity index (χ1v) is 9.08. The number of esters is 1. The fraction of sp³-hybridized carbons (Fsp3) is 0.316. The van der Waals surface area contributed by atoms with Crippen LogP contribution < -0.4 is 5.32 Å². The highest BCUT2D eigenvalue weighted by Gasteiger charge is 2.43. The highest BCUT2D eigenvalue weighted by atomic mass is 35.5. The first-order chi connectivity index (χ1) is 13.4. The molecule has 4 rings (SSSR count). The SMILES string of the molecule is COC(=O)c1cc(NC(=O)N2C3CCC2c2ccnc(F)c2C3)c(F)cc1Cl. The molecule has 1 N–H and O–H groups in total. The number of carbonyl (C=O) groups is 2. The van der Waals surface area contributed by atoms with Gasteiger partial charge in [0.1, 0.15) is 5.82 Å². The zero-order chi connectivity index (χ0) is 20.0. The topological polar surface area (TPSA) is 71.5 Å². The number of hydrogen-bond donors (Lipinski definition) is 1. The Morgan fingerprint density at radius 2 is 2.11 bits per heavy atom. The van der Waals surface area contributed by atoms with E-state index >= 15 is 0 Å². The average molecular weight is 408 g/mol. The molecule has 2 aromatic rings. The van der Waals surface area contributed by atoms with E-state index in [1.807, 2.05) is 0 Å². The summed E-state index contributed by atoms with van der Waals surface area (Å²) < 4.78 is 32.9. The van der Waals surface area contributed by atoms with E-state index in [9.17, 15) is 18.4 Å². The number of nitrogens with zero attached hydrogens (tertiary/aromatic N) is 2. The summed E-state index contributed by atoms with van der Waals surface area (Å²) in [6.07, 6.45) is 3.13. The lowest BCUT2D eigenvalue weighted by Crippen LogP contribution is -2.44. The zero-order valence-corrected chi connectivity index (χ0v) is 15.6. The molecule has 0 saturated carbocycles. The Labute approximate surface area is 164 Å². The Morgan fingerprint density at radius 3 is 2.86 bits per heavy atom. The summed E-state index contributed by atoms with van der Waals surface area (Å²) in [6.45, 7) is 0. The second-order valence-electron chi connectivity index (χ2n) is 6.76. The van der Waals surface area contributed by atoms with E-state index in [1.54, 1.807) is 11.0 Å². The van der Waals surface area contributed by atoms with Crippen LogP contribution in [0, 0.1) is 11.8 Å². The van der Waals surface area contributed by atoms with Crippen LogP contribution in [-0.4, -0.2) is 35.0 Å². The number of hydrogen-bond acceptors (Lipinski definition) is 4. The van der Waals surface area contributed by atoms with E-state index < -0.39 is 23.8 Å². The maximum absolute atomic E-state index is 14.3. The average Bonchev–Trinajstić information content (AvgIpc) is 2.99. The van der Waals surface area contributed by atoms with Crippen molar-refractivity contribution in [3.8, 4) is 0 Å². The largest absolute Gasteiger partial charge is 0.465 e. The van der Waals surface area contributed by atoms with E-state index in [4.69, 9.17) is 11.6 Å². The van der Waals surface area contributed by atoms with Gasteiger partial charge in [0, 0.05) is 17.8 Å². The van der Waals surface area contributed by atoms with Crippen molar-refractivity contribution in [3.63, 3.8) is 0 Å². The van der Waals surface area contributed by atoms with Crippen molar-refractivity contribution in [2.45, 2.75) is 31.3 Å². The van der Waals surface area contributed by atoms with Gasteiger partial charge in [-0.1, -0.05) is 11.6 Å². The Bertz CT molecular complexity index is 985. The van der Waals surface area contributed by atoms with E-state index in [1.165, 1.54) is 13.3 Å². The van der Waals surface area contributed by atoms with Gasteiger partial charge in [-0.2, -0.15) is 4.39 Å². The fourth-order valence-corrected chi connectivity index (χ4v) is 4.24. The van der Waals surface area contributed by atoms with E-state index in [0.29, 0.717) is 24.8 Å². The molecule has 6 nitrogen and oxygen atoms in total. The molecule has 2 unspecified atom stereocenters. The monoisotopic (exact) mass is 407 g/mol.